The maximum absolute atomic E-state index is 11.0. The highest BCUT2D eigenvalue weighted by Crippen LogP contribution is 2.61. The van der Waals surface area contributed by atoms with E-state index in [4.69, 9.17) is 19.6 Å². The molecule has 0 aromatic carbocycles. The van der Waals surface area contributed by atoms with Crippen molar-refractivity contribution in [1.82, 2.24) is 4.98 Å². The quantitative estimate of drug-likeness (QED) is 0.585. The number of rotatable bonds is 5. The summed E-state index contributed by atoms with van der Waals surface area (Å²) in [6.45, 7) is 0. The van der Waals surface area contributed by atoms with E-state index in [1.165, 1.54) is 6.20 Å². The van der Waals surface area contributed by atoms with Gasteiger partial charge in [-0.15, -0.1) is 0 Å². The summed E-state index contributed by atoms with van der Waals surface area (Å²) < 4.78 is 22.8. The smallest absolute Gasteiger partial charge is 0.324 e. The molecule has 0 bridgehead atoms. The first-order valence-corrected chi connectivity index (χ1v) is 8.97. The third-order valence-corrected chi connectivity index (χ3v) is 6.57. The minimum absolute atomic E-state index is 0.0775. The maximum Gasteiger partial charge on any atom is 0.340 e. The van der Waals surface area contributed by atoms with E-state index in [1.54, 1.807) is 12.1 Å². The molecule has 1 aromatic heterocycles. The number of aromatic nitrogens is 1. The van der Waals surface area contributed by atoms with Crippen molar-refractivity contribution >= 4 is 31.1 Å². The molecule has 10 heteroatoms. The van der Waals surface area contributed by atoms with E-state index >= 15 is 0 Å². The van der Waals surface area contributed by atoms with Crippen LogP contribution in [0.15, 0.2) is 22.8 Å². The fourth-order valence-electron chi connectivity index (χ4n) is 1.36. The molecule has 102 valence electrons. The summed E-state index contributed by atoms with van der Waals surface area (Å²) in [6.07, 6.45) is 1.25. The van der Waals surface area contributed by atoms with Gasteiger partial charge in [-0.25, -0.2) is 0 Å². The van der Waals surface area contributed by atoms with Crippen molar-refractivity contribution < 1.29 is 28.7 Å². The van der Waals surface area contributed by atoms with Crippen LogP contribution in [0, 0.1) is 0 Å². The summed E-state index contributed by atoms with van der Waals surface area (Å²) in [5, 5.41) is -1.98. The number of halogens is 1. The number of aryl methyl sites for hydroxylation is 1. The van der Waals surface area contributed by atoms with Crippen molar-refractivity contribution in [2.75, 3.05) is 0 Å². The number of pyridine rings is 1. The van der Waals surface area contributed by atoms with E-state index in [0.717, 1.165) is 4.47 Å². The molecule has 7 nitrogen and oxygen atoms in total. The fourth-order valence-corrected chi connectivity index (χ4v) is 4.10. The Balaban J connectivity index is 2.78. The Labute approximate surface area is 112 Å². The van der Waals surface area contributed by atoms with E-state index in [2.05, 4.69) is 20.9 Å². The number of hydrogen-bond donors (Lipinski definition) is 4. The van der Waals surface area contributed by atoms with Crippen molar-refractivity contribution in [2.45, 2.75) is 18.2 Å². The van der Waals surface area contributed by atoms with Gasteiger partial charge in [-0.3, -0.25) is 14.1 Å². The van der Waals surface area contributed by atoms with Crippen molar-refractivity contribution in [3.05, 3.63) is 28.5 Å². The van der Waals surface area contributed by atoms with Gasteiger partial charge < -0.3 is 19.6 Å². The van der Waals surface area contributed by atoms with Crippen molar-refractivity contribution in [1.29, 1.82) is 0 Å². The van der Waals surface area contributed by atoms with Gasteiger partial charge in [0.25, 0.3) is 0 Å². The lowest BCUT2D eigenvalue weighted by atomic mass is 10.2. The summed E-state index contributed by atoms with van der Waals surface area (Å²) in [5.41, 5.74) is 0.505. The Bertz CT molecular complexity index is 473. The van der Waals surface area contributed by atoms with Crippen LogP contribution in [0.2, 0.25) is 0 Å². The molecule has 0 aliphatic heterocycles. The summed E-state index contributed by atoms with van der Waals surface area (Å²) in [6, 6.07) is 3.30. The van der Waals surface area contributed by atoms with Crippen molar-refractivity contribution in [3.63, 3.8) is 0 Å². The Hall–Kier alpha value is -0.0700. The highest BCUT2D eigenvalue weighted by Gasteiger charge is 2.42. The van der Waals surface area contributed by atoms with Crippen molar-refractivity contribution in [2.24, 2.45) is 0 Å². The van der Waals surface area contributed by atoms with Crippen LogP contribution in [0.4, 0.5) is 0 Å². The molecule has 0 atom stereocenters. The monoisotopic (exact) mass is 359 g/mol. The summed E-state index contributed by atoms with van der Waals surface area (Å²) in [7, 11) is -9.69. The van der Waals surface area contributed by atoms with Gasteiger partial charge in [0, 0.05) is 16.4 Å². The molecule has 1 heterocycles. The molecule has 1 rings (SSSR count). The summed E-state index contributed by atoms with van der Waals surface area (Å²) >= 11 is 3.18. The molecule has 0 aliphatic rings. The second-order valence-corrected chi connectivity index (χ2v) is 8.59. The van der Waals surface area contributed by atoms with E-state index in [0.29, 0.717) is 5.69 Å². The van der Waals surface area contributed by atoms with E-state index < -0.39 is 20.6 Å². The highest BCUT2D eigenvalue weighted by molar-refractivity contribution is 9.10. The third kappa shape index (κ3) is 4.90. The van der Waals surface area contributed by atoms with E-state index in [9.17, 15) is 9.13 Å². The summed E-state index contributed by atoms with van der Waals surface area (Å²) in [4.78, 5) is 39.7. The lowest BCUT2D eigenvalue weighted by molar-refractivity contribution is 0.335. The Morgan fingerprint density at radius 1 is 1.17 bits per heavy atom. The molecule has 0 radical (unpaired) electrons. The molecule has 1 aromatic rings. The predicted octanol–water partition coefficient (Wildman–Crippen LogP) is 1.46. The van der Waals surface area contributed by atoms with Gasteiger partial charge in [0.15, 0.2) is 5.40 Å². The van der Waals surface area contributed by atoms with Gasteiger partial charge >= 0.3 is 15.2 Å². The molecular weight excluding hydrogens is 348 g/mol. The fraction of sp³-hybridized carbons (Fsp3) is 0.375. The molecular formula is C8H12BrNO6P2. The Morgan fingerprint density at radius 3 is 2.11 bits per heavy atom. The Kier molecular flexibility index (Phi) is 5.26. The van der Waals surface area contributed by atoms with Crippen LogP contribution >= 0.6 is 31.1 Å². The number of hydrogen-bond acceptors (Lipinski definition) is 3. The molecule has 18 heavy (non-hydrogen) atoms. The molecule has 0 spiro atoms. The van der Waals surface area contributed by atoms with Gasteiger partial charge in [0.05, 0.1) is 0 Å². The standard InChI is InChI=1S/C8H12BrNO6P2/c9-6-1-2-7(10-5-6)3-4-8(17(11,12)13)18(14,15)16/h1-2,5,8H,3-4H2,(H2,11,12,13)(H2,14,15,16). The lowest BCUT2D eigenvalue weighted by Crippen LogP contribution is -2.11. The first kappa shape index (κ1) is 16.0. The molecule has 0 saturated heterocycles. The van der Waals surface area contributed by atoms with Crippen LogP contribution in [0.25, 0.3) is 0 Å². The molecule has 0 amide bonds. The first-order chi connectivity index (χ1) is 8.10. The average molecular weight is 360 g/mol. The van der Waals surface area contributed by atoms with Crippen LogP contribution in [0.3, 0.4) is 0 Å². The van der Waals surface area contributed by atoms with Gasteiger partial charge in [-0.05, 0) is 40.9 Å². The Morgan fingerprint density at radius 2 is 1.72 bits per heavy atom. The molecule has 0 aliphatic carbocycles. The summed E-state index contributed by atoms with van der Waals surface area (Å²) in [5.74, 6) is 0. The first-order valence-electron chi connectivity index (χ1n) is 4.81. The van der Waals surface area contributed by atoms with E-state index in [-0.39, 0.29) is 12.8 Å². The minimum atomic E-state index is -4.84. The molecule has 4 N–H and O–H groups in total. The van der Waals surface area contributed by atoms with E-state index in [1.807, 2.05) is 0 Å². The topological polar surface area (TPSA) is 128 Å². The van der Waals surface area contributed by atoms with Gasteiger partial charge in [-0.1, -0.05) is 0 Å². The zero-order valence-electron chi connectivity index (χ0n) is 9.05. The predicted molar refractivity (Wildman–Crippen MR) is 68.1 cm³/mol. The average Bonchev–Trinajstić information content (AvgIpc) is 2.17. The molecule has 0 saturated carbocycles. The highest BCUT2D eigenvalue weighted by atomic mass is 79.9. The maximum atomic E-state index is 11.0. The van der Waals surface area contributed by atoms with Crippen LogP contribution in [-0.4, -0.2) is 30.0 Å². The SMILES string of the molecule is O=P(O)(O)C(CCc1ccc(Br)cn1)P(=O)(O)O. The lowest BCUT2D eigenvalue weighted by Gasteiger charge is -2.19. The minimum Gasteiger partial charge on any atom is -0.324 e. The van der Waals surface area contributed by atoms with Crippen molar-refractivity contribution in [3.8, 4) is 0 Å². The van der Waals surface area contributed by atoms with Gasteiger partial charge in [0.1, 0.15) is 0 Å². The van der Waals surface area contributed by atoms with Crippen LogP contribution in [0.5, 0.6) is 0 Å². The zero-order valence-corrected chi connectivity index (χ0v) is 12.4. The van der Waals surface area contributed by atoms with Crippen LogP contribution in [-0.2, 0) is 15.6 Å². The normalized spacial score (nSPS) is 13.0. The largest absolute Gasteiger partial charge is 0.340 e. The second-order valence-electron chi connectivity index (χ2n) is 3.67. The van der Waals surface area contributed by atoms with Crippen LogP contribution < -0.4 is 0 Å². The van der Waals surface area contributed by atoms with Gasteiger partial charge in [-0.2, -0.15) is 0 Å². The van der Waals surface area contributed by atoms with Crippen LogP contribution in [0.1, 0.15) is 12.1 Å². The molecule has 0 unspecified atom stereocenters. The number of nitrogens with zero attached hydrogens (tertiary/aromatic N) is 1. The second kappa shape index (κ2) is 5.92. The van der Waals surface area contributed by atoms with Gasteiger partial charge in [0.2, 0.25) is 0 Å². The third-order valence-electron chi connectivity index (χ3n) is 2.22. The molecule has 0 fully saturated rings. The zero-order chi connectivity index (χ0) is 14.0.